The summed E-state index contributed by atoms with van der Waals surface area (Å²) in [6, 6.07) is 1.91. The van der Waals surface area contributed by atoms with Crippen LogP contribution in [0.1, 0.15) is 28.6 Å². The maximum Gasteiger partial charge on any atom is 0.261 e. The van der Waals surface area contributed by atoms with Gasteiger partial charge in [0.25, 0.3) is 5.91 Å². The predicted octanol–water partition coefficient (Wildman–Crippen LogP) is 2.73. The molecule has 0 saturated carbocycles. The highest BCUT2D eigenvalue weighted by Gasteiger charge is 2.31. The van der Waals surface area contributed by atoms with Crippen LogP contribution in [0, 0.1) is 6.92 Å². The van der Waals surface area contributed by atoms with Gasteiger partial charge in [0.05, 0.1) is 20.8 Å². The Morgan fingerprint density at radius 1 is 1.69 bits per heavy atom. The topological polar surface area (TPSA) is 38.3 Å². The number of thiophene rings is 1. The van der Waals surface area contributed by atoms with E-state index in [1.165, 1.54) is 11.3 Å². The van der Waals surface area contributed by atoms with Crippen LogP contribution in [0.15, 0.2) is 9.85 Å². The van der Waals surface area contributed by atoms with Crippen LogP contribution in [0.2, 0.25) is 0 Å². The van der Waals surface area contributed by atoms with Gasteiger partial charge in [-0.3, -0.25) is 4.79 Å². The second kappa shape index (κ2) is 4.47. The summed E-state index contributed by atoms with van der Waals surface area (Å²) in [6.45, 7) is 5.33. The van der Waals surface area contributed by atoms with E-state index in [2.05, 4.69) is 21.2 Å². The lowest BCUT2D eigenvalue weighted by Gasteiger charge is -2.22. The van der Waals surface area contributed by atoms with Crippen LogP contribution in [0.3, 0.4) is 0 Å². The van der Waals surface area contributed by atoms with E-state index in [0.717, 1.165) is 27.3 Å². The molecule has 88 valence electrons. The molecule has 1 amide bonds. The Kier molecular flexibility index (Phi) is 3.37. The quantitative estimate of drug-likeness (QED) is 0.912. The third-order valence-electron chi connectivity index (χ3n) is 2.72. The summed E-state index contributed by atoms with van der Waals surface area (Å²) in [4.78, 5) is 12.7. The highest BCUT2D eigenvalue weighted by atomic mass is 79.9. The lowest BCUT2D eigenvalue weighted by atomic mass is 10.0. The van der Waals surface area contributed by atoms with Crippen molar-refractivity contribution in [2.75, 3.05) is 13.2 Å². The van der Waals surface area contributed by atoms with Gasteiger partial charge >= 0.3 is 0 Å². The number of amides is 1. The smallest absolute Gasteiger partial charge is 0.261 e. The van der Waals surface area contributed by atoms with Crippen molar-refractivity contribution in [1.29, 1.82) is 0 Å². The molecule has 2 heterocycles. The first-order chi connectivity index (χ1) is 7.50. The molecule has 0 bridgehead atoms. The van der Waals surface area contributed by atoms with Gasteiger partial charge in [-0.1, -0.05) is 0 Å². The van der Waals surface area contributed by atoms with Crippen LogP contribution in [-0.4, -0.2) is 24.7 Å². The molecule has 0 radical (unpaired) electrons. The van der Waals surface area contributed by atoms with E-state index < -0.39 is 0 Å². The average Bonchev–Trinajstić information content (AvgIpc) is 2.75. The van der Waals surface area contributed by atoms with E-state index in [1.807, 2.05) is 19.9 Å². The number of rotatable bonds is 2. The molecule has 1 N–H and O–H groups in total. The van der Waals surface area contributed by atoms with Crippen molar-refractivity contribution in [2.45, 2.75) is 25.8 Å². The number of carbonyl (C=O) groups excluding carboxylic acids is 1. The van der Waals surface area contributed by atoms with Gasteiger partial charge in [-0.05, 0) is 47.8 Å². The van der Waals surface area contributed by atoms with Crippen LogP contribution in [0.4, 0.5) is 0 Å². The number of halogens is 1. The Bertz CT molecular complexity index is 391. The van der Waals surface area contributed by atoms with Gasteiger partial charge < -0.3 is 10.1 Å². The number of carbonyl (C=O) groups is 1. The minimum Gasteiger partial charge on any atom is -0.379 e. The van der Waals surface area contributed by atoms with Crippen LogP contribution >= 0.6 is 27.3 Å². The Hall–Kier alpha value is -0.390. The van der Waals surface area contributed by atoms with Crippen molar-refractivity contribution >= 4 is 33.2 Å². The summed E-state index contributed by atoms with van der Waals surface area (Å²) in [6.07, 6.45) is 0.879. The highest BCUT2D eigenvalue weighted by Crippen LogP contribution is 2.28. The lowest BCUT2D eigenvalue weighted by Crippen LogP contribution is -2.46. The maximum atomic E-state index is 12.0. The second-order valence-corrected chi connectivity index (χ2v) is 6.75. The number of hydrogen-bond donors (Lipinski definition) is 1. The summed E-state index contributed by atoms with van der Waals surface area (Å²) in [7, 11) is 0. The Labute approximate surface area is 107 Å². The fourth-order valence-corrected chi connectivity index (χ4v) is 3.10. The van der Waals surface area contributed by atoms with Crippen molar-refractivity contribution < 1.29 is 9.53 Å². The molecule has 1 unspecified atom stereocenters. The van der Waals surface area contributed by atoms with Crippen LogP contribution in [0.5, 0.6) is 0 Å². The molecular weight excluding hydrogens is 290 g/mol. The normalized spacial score (nSPS) is 24.7. The minimum absolute atomic E-state index is 0.00759. The molecule has 0 spiro atoms. The van der Waals surface area contributed by atoms with E-state index in [-0.39, 0.29) is 11.4 Å². The van der Waals surface area contributed by atoms with E-state index in [9.17, 15) is 4.79 Å². The molecule has 1 aliphatic heterocycles. The molecule has 1 saturated heterocycles. The molecule has 1 aromatic rings. The monoisotopic (exact) mass is 303 g/mol. The van der Waals surface area contributed by atoms with Crippen molar-refractivity contribution in [3.63, 3.8) is 0 Å². The molecule has 3 nitrogen and oxygen atoms in total. The molecule has 1 aliphatic rings. The van der Waals surface area contributed by atoms with Crippen molar-refractivity contribution in [2.24, 2.45) is 0 Å². The summed E-state index contributed by atoms with van der Waals surface area (Å²) in [5.74, 6) is -0.00759. The molecule has 1 fully saturated rings. The highest BCUT2D eigenvalue weighted by molar-refractivity contribution is 9.11. The van der Waals surface area contributed by atoms with Gasteiger partial charge in [0, 0.05) is 6.61 Å². The maximum absolute atomic E-state index is 12.0. The number of nitrogens with one attached hydrogen (secondary N) is 1. The van der Waals surface area contributed by atoms with Crippen molar-refractivity contribution in [1.82, 2.24) is 5.32 Å². The van der Waals surface area contributed by atoms with Gasteiger partial charge in [0.2, 0.25) is 0 Å². The first-order valence-electron chi connectivity index (χ1n) is 5.16. The molecule has 1 aromatic heterocycles. The number of aryl methyl sites for hydroxylation is 1. The first-order valence-corrected chi connectivity index (χ1v) is 6.77. The largest absolute Gasteiger partial charge is 0.379 e. The minimum atomic E-state index is -0.207. The van der Waals surface area contributed by atoms with Crippen LogP contribution in [0.25, 0.3) is 0 Å². The lowest BCUT2D eigenvalue weighted by molar-refractivity contribution is 0.0894. The summed E-state index contributed by atoms with van der Waals surface area (Å²) >= 11 is 4.89. The molecule has 2 rings (SSSR count). The second-order valence-electron chi connectivity index (χ2n) is 4.38. The predicted molar refractivity (Wildman–Crippen MR) is 68.1 cm³/mol. The van der Waals surface area contributed by atoms with E-state index in [4.69, 9.17) is 4.74 Å². The van der Waals surface area contributed by atoms with Gasteiger partial charge in [-0.2, -0.15) is 0 Å². The summed E-state index contributed by atoms with van der Waals surface area (Å²) in [5.41, 5.74) is 0.893. The first kappa shape index (κ1) is 12.1. The zero-order valence-corrected chi connectivity index (χ0v) is 11.7. The fraction of sp³-hybridized carbons (Fsp3) is 0.545. The van der Waals surface area contributed by atoms with E-state index in [1.54, 1.807) is 0 Å². The zero-order valence-electron chi connectivity index (χ0n) is 9.30. The molecule has 16 heavy (non-hydrogen) atoms. The SMILES string of the molecule is Cc1cc(C(=O)NC2(C)CCOC2)sc1Br. The molecule has 1 atom stereocenters. The zero-order chi connectivity index (χ0) is 11.8. The van der Waals surface area contributed by atoms with Crippen LogP contribution in [-0.2, 0) is 4.74 Å². The van der Waals surface area contributed by atoms with Crippen molar-refractivity contribution in [3.8, 4) is 0 Å². The molecule has 5 heteroatoms. The fourth-order valence-electron chi connectivity index (χ4n) is 1.67. The third-order valence-corrected chi connectivity index (χ3v) is 4.85. The molecule has 0 aliphatic carbocycles. The van der Waals surface area contributed by atoms with Gasteiger partial charge in [-0.25, -0.2) is 0 Å². The van der Waals surface area contributed by atoms with Gasteiger partial charge in [0.15, 0.2) is 0 Å². The molecule has 0 aromatic carbocycles. The van der Waals surface area contributed by atoms with E-state index in [0.29, 0.717) is 6.61 Å². The van der Waals surface area contributed by atoms with Gasteiger partial charge in [-0.15, -0.1) is 11.3 Å². The summed E-state index contributed by atoms with van der Waals surface area (Å²) < 4.78 is 6.32. The van der Waals surface area contributed by atoms with Crippen molar-refractivity contribution in [3.05, 3.63) is 20.3 Å². The summed E-state index contributed by atoms with van der Waals surface area (Å²) in [5, 5.41) is 3.04. The molecular formula is C11H14BrNO2S. The Balaban J connectivity index is 2.08. The Morgan fingerprint density at radius 2 is 2.44 bits per heavy atom. The van der Waals surface area contributed by atoms with E-state index >= 15 is 0 Å². The van der Waals surface area contributed by atoms with Crippen LogP contribution < -0.4 is 5.32 Å². The third kappa shape index (κ3) is 2.47. The average molecular weight is 304 g/mol. The number of ether oxygens (including phenoxy) is 1. The number of hydrogen-bond acceptors (Lipinski definition) is 3. The van der Waals surface area contributed by atoms with Gasteiger partial charge in [0.1, 0.15) is 0 Å². The Morgan fingerprint density at radius 3 is 2.94 bits per heavy atom. The standard InChI is InChI=1S/C11H14BrNO2S/c1-7-5-8(16-9(7)12)10(14)13-11(2)3-4-15-6-11/h5H,3-4,6H2,1-2H3,(H,13,14).